The minimum absolute atomic E-state index is 0.0605. The molecule has 0 N–H and O–H groups in total. The maximum atomic E-state index is 11.9. The molecule has 0 aromatic heterocycles. The molecule has 0 unspecified atom stereocenters. The van der Waals surface area contributed by atoms with Gasteiger partial charge in [-0.1, -0.05) is 30.3 Å². The van der Waals surface area contributed by atoms with E-state index in [-0.39, 0.29) is 9.88 Å². The molecule has 2 amide bonds. The topological polar surface area (TPSA) is 120 Å². The van der Waals surface area contributed by atoms with Gasteiger partial charge in [0.25, 0.3) is 11.8 Å². The Kier molecular flexibility index (Phi) is 3.07. The Balaban J connectivity index is 2.46. The molecular weight excluding hydrogens is 272 g/mol. The third kappa shape index (κ3) is 2.19. The minimum Gasteiger partial charge on any atom is -0.268 e. The Morgan fingerprint density at radius 1 is 1.16 bits per heavy atom. The number of rotatable bonds is 3. The molecule has 1 aromatic carbocycles. The predicted molar refractivity (Wildman–Crippen MR) is 64.3 cm³/mol. The molecule has 1 aliphatic rings. The zero-order valence-electron chi connectivity index (χ0n) is 9.29. The monoisotopic (exact) mass is 278 g/mol. The summed E-state index contributed by atoms with van der Waals surface area (Å²) >= 11 is 0. The van der Waals surface area contributed by atoms with E-state index in [0.29, 0.717) is 5.56 Å². The lowest BCUT2D eigenvalue weighted by molar-refractivity contribution is -0.130. The van der Waals surface area contributed by atoms with E-state index in [0.717, 1.165) is 6.08 Å². The molecular formula is C10H6N4O4S. The standard InChI is InChI=1S/C10H6N4O4S/c11-12-13-19(17,18)14-9(15)6-8(10(14)16)7-4-2-1-3-5-7/h1-6H. The molecule has 0 aliphatic carbocycles. The van der Waals surface area contributed by atoms with E-state index in [1.165, 1.54) is 0 Å². The van der Waals surface area contributed by atoms with Crippen molar-refractivity contribution in [3.8, 4) is 0 Å². The second-order valence-electron chi connectivity index (χ2n) is 3.48. The van der Waals surface area contributed by atoms with E-state index < -0.39 is 22.0 Å². The first-order valence-electron chi connectivity index (χ1n) is 4.94. The van der Waals surface area contributed by atoms with E-state index in [1.54, 1.807) is 30.3 Å². The van der Waals surface area contributed by atoms with Crippen LogP contribution in [0.25, 0.3) is 16.0 Å². The highest BCUT2D eigenvalue weighted by atomic mass is 32.2. The number of imide groups is 1. The molecule has 0 saturated carbocycles. The fourth-order valence-electron chi connectivity index (χ4n) is 1.58. The fourth-order valence-corrected chi connectivity index (χ4v) is 2.33. The van der Waals surface area contributed by atoms with E-state index in [9.17, 15) is 18.0 Å². The molecule has 8 nitrogen and oxygen atoms in total. The van der Waals surface area contributed by atoms with Crippen LogP contribution in [0.2, 0.25) is 0 Å². The van der Waals surface area contributed by atoms with Crippen LogP contribution in [0.4, 0.5) is 0 Å². The summed E-state index contributed by atoms with van der Waals surface area (Å²) in [5.74, 6) is -2.10. The predicted octanol–water partition coefficient (Wildman–Crippen LogP) is 0.994. The van der Waals surface area contributed by atoms with E-state index >= 15 is 0 Å². The Labute approximate surface area is 107 Å². The normalized spacial score (nSPS) is 15.2. The highest BCUT2D eigenvalue weighted by Gasteiger charge is 2.40. The van der Waals surface area contributed by atoms with Gasteiger partial charge in [-0.15, -0.1) is 0 Å². The Hall–Kier alpha value is -2.64. The van der Waals surface area contributed by atoms with Crippen LogP contribution in [0, 0.1) is 0 Å². The second-order valence-corrected chi connectivity index (χ2v) is 4.90. The van der Waals surface area contributed by atoms with Crippen molar-refractivity contribution in [2.24, 2.45) is 4.52 Å². The number of azide groups is 1. The molecule has 0 fully saturated rings. The van der Waals surface area contributed by atoms with Crippen LogP contribution in [0.1, 0.15) is 5.56 Å². The van der Waals surface area contributed by atoms with Crippen LogP contribution in [0.3, 0.4) is 0 Å². The minimum atomic E-state index is -4.66. The largest absolute Gasteiger partial charge is 0.334 e. The number of carbonyl (C=O) groups excluding carboxylic acids is 2. The van der Waals surface area contributed by atoms with Crippen molar-refractivity contribution in [1.29, 1.82) is 0 Å². The van der Waals surface area contributed by atoms with Gasteiger partial charge in [0.1, 0.15) is 0 Å². The number of carbonyl (C=O) groups is 2. The Morgan fingerprint density at radius 2 is 1.79 bits per heavy atom. The molecule has 0 spiro atoms. The summed E-state index contributed by atoms with van der Waals surface area (Å²) in [4.78, 5) is 25.6. The maximum Gasteiger partial charge on any atom is 0.334 e. The first-order valence-corrected chi connectivity index (χ1v) is 6.34. The smallest absolute Gasteiger partial charge is 0.268 e. The van der Waals surface area contributed by atoms with Crippen molar-refractivity contribution >= 4 is 27.6 Å². The van der Waals surface area contributed by atoms with Crippen LogP contribution < -0.4 is 0 Å². The highest BCUT2D eigenvalue weighted by Crippen LogP contribution is 2.25. The molecule has 1 heterocycles. The molecule has 9 heteroatoms. The van der Waals surface area contributed by atoms with Crippen LogP contribution >= 0.6 is 0 Å². The van der Waals surface area contributed by atoms with Crippen molar-refractivity contribution in [2.75, 3.05) is 0 Å². The lowest BCUT2D eigenvalue weighted by Crippen LogP contribution is -2.35. The summed E-state index contributed by atoms with van der Waals surface area (Å²) in [6.45, 7) is 0. The summed E-state index contributed by atoms with van der Waals surface area (Å²) < 4.78 is 25.3. The molecule has 96 valence electrons. The van der Waals surface area contributed by atoms with Gasteiger partial charge >= 0.3 is 10.2 Å². The zero-order chi connectivity index (χ0) is 14.0. The number of hydrogen-bond acceptors (Lipinski definition) is 4. The number of hydrogen-bond donors (Lipinski definition) is 0. The number of benzene rings is 1. The summed E-state index contributed by atoms with van der Waals surface area (Å²) in [6, 6.07) is 8.10. The van der Waals surface area contributed by atoms with Crippen LogP contribution in [-0.2, 0) is 19.8 Å². The molecule has 0 radical (unpaired) electrons. The first kappa shape index (κ1) is 12.8. The Morgan fingerprint density at radius 3 is 2.37 bits per heavy atom. The zero-order valence-corrected chi connectivity index (χ0v) is 10.1. The summed E-state index contributed by atoms with van der Waals surface area (Å²) in [6.07, 6.45) is 0.891. The van der Waals surface area contributed by atoms with Gasteiger partial charge in [-0.2, -0.15) is 12.7 Å². The van der Waals surface area contributed by atoms with Crippen molar-refractivity contribution in [1.82, 2.24) is 4.31 Å². The van der Waals surface area contributed by atoms with Gasteiger partial charge in [-0.05, 0) is 11.1 Å². The number of nitrogens with zero attached hydrogens (tertiary/aromatic N) is 4. The maximum absolute atomic E-state index is 11.9. The Bertz CT molecular complexity index is 732. The molecule has 0 saturated heterocycles. The fraction of sp³-hybridized carbons (Fsp3) is 0. The third-order valence-electron chi connectivity index (χ3n) is 2.34. The van der Waals surface area contributed by atoms with Crippen LogP contribution in [-0.4, -0.2) is 24.5 Å². The van der Waals surface area contributed by atoms with Crippen molar-refractivity contribution in [3.63, 3.8) is 0 Å². The van der Waals surface area contributed by atoms with Crippen molar-refractivity contribution < 1.29 is 18.0 Å². The lowest BCUT2D eigenvalue weighted by Gasteiger charge is -2.10. The SMILES string of the molecule is [N-]=[N+]=NS(=O)(=O)N1C(=O)C=C(c2ccccc2)C1=O. The van der Waals surface area contributed by atoms with Gasteiger partial charge in [0, 0.05) is 11.0 Å². The molecule has 0 atom stereocenters. The molecule has 1 aromatic rings. The van der Waals surface area contributed by atoms with Gasteiger partial charge in [0.05, 0.1) is 10.1 Å². The summed E-state index contributed by atoms with van der Waals surface area (Å²) in [5.41, 5.74) is 8.47. The molecule has 2 rings (SSSR count). The second kappa shape index (κ2) is 4.56. The van der Waals surface area contributed by atoms with E-state index in [2.05, 4.69) is 9.43 Å². The van der Waals surface area contributed by atoms with Gasteiger partial charge in [-0.25, -0.2) is 0 Å². The summed E-state index contributed by atoms with van der Waals surface area (Å²) in [7, 11) is -4.66. The third-order valence-corrected chi connectivity index (χ3v) is 3.42. The first-order chi connectivity index (χ1) is 8.97. The van der Waals surface area contributed by atoms with Gasteiger partial charge in [0.2, 0.25) is 0 Å². The quantitative estimate of drug-likeness (QED) is 0.354. The average molecular weight is 278 g/mol. The van der Waals surface area contributed by atoms with Gasteiger partial charge < -0.3 is 0 Å². The molecule has 19 heavy (non-hydrogen) atoms. The van der Waals surface area contributed by atoms with Crippen molar-refractivity contribution in [3.05, 3.63) is 52.4 Å². The lowest BCUT2D eigenvalue weighted by atomic mass is 10.1. The van der Waals surface area contributed by atoms with Crippen molar-refractivity contribution in [2.45, 2.75) is 0 Å². The van der Waals surface area contributed by atoms with E-state index in [1.807, 2.05) is 0 Å². The number of amides is 2. The average Bonchev–Trinajstić information content (AvgIpc) is 2.66. The van der Waals surface area contributed by atoms with Gasteiger partial charge in [-0.3, -0.25) is 9.59 Å². The highest BCUT2D eigenvalue weighted by molar-refractivity contribution is 7.88. The van der Waals surface area contributed by atoms with Crippen LogP contribution in [0.15, 0.2) is 40.9 Å². The van der Waals surface area contributed by atoms with Gasteiger partial charge in [0.15, 0.2) is 0 Å². The van der Waals surface area contributed by atoms with Crippen LogP contribution in [0.5, 0.6) is 0 Å². The summed E-state index contributed by atoms with van der Waals surface area (Å²) in [5, 5.41) is 0. The molecule has 1 aliphatic heterocycles. The molecule has 0 bridgehead atoms. The van der Waals surface area contributed by atoms with E-state index in [4.69, 9.17) is 5.53 Å².